The molecule has 27 heavy (non-hydrogen) atoms. The van der Waals surface area contributed by atoms with E-state index in [-0.39, 0.29) is 16.6 Å². The molecule has 0 bridgehead atoms. The number of benzene rings is 1. The molecular formula is C19H25BN3O3S. The largest absolute Gasteiger partial charge is 0.348 e. The molecule has 0 atom stereocenters. The quantitative estimate of drug-likeness (QED) is 0.683. The van der Waals surface area contributed by atoms with E-state index in [2.05, 4.69) is 15.0 Å². The first-order valence-electron chi connectivity index (χ1n) is 8.76. The molecule has 8 heteroatoms. The van der Waals surface area contributed by atoms with E-state index in [0.717, 1.165) is 5.56 Å². The predicted octanol–water partition coefficient (Wildman–Crippen LogP) is 2.56. The van der Waals surface area contributed by atoms with Crippen LogP contribution < -0.4 is 10.0 Å². The molecule has 0 saturated carbocycles. The molecule has 0 aliphatic rings. The Morgan fingerprint density at radius 2 is 1.70 bits per heavy atom. The van der Waals surface area contributed by atoms with Gasteiger partial charge in [0.2, 0.25) is 10.0 Å². The van der Waals surface area contributed by atoms with Crippen LogP contribution in [0.25, 0.3) is 0 Å². The Bertz CT molecular complexity index is 867. The predicted molar refractivity (Wildman–Crippen MR) is 107 cm³/mol. The van der Waals surface area contributed by atoms with Crippen molar-refractivity contribution in [3.8, 4) is 0 Å². The molecule has 0 saturated heterocycles. The van der Waals surface area contributed by atoms with Gasteiger partial charge in [0, 0.05) is 24.5 Å². The second-order valence-corrected chi connectivity index (χ2v) is 8.98. The van der Waals surface area contributed by atoms with E-state index >= 15 is 0 Å². The molecule has 1 aromatic carbocycles. The zero-order chi connectivity index (χ0) is 20.1. The SMILES string of the molecule is CC(C)[B]C(C)(C)NS(=O)(=O)c1ccc(C(=O)NCc2ccncc2)cc1. The van der Waals surface area contributed by atoms with Crippen LogP contribution in [0.3, 0.4) is 0 Å². The number of hydrogen-bond donors (Lipinski definition) is 2. The molecule has 2 aromatic rings. The van der Waals surface area contributed by atoms with Gasteiger partial charge in [-0.3, -0.25) is 9.78 Å². The van der Waals surface area contributed by atoms with Gasteiger partial charge in [0.25, 0.3) is 5.91 Å². The highest BCUT2D eigenvalue weighted by Gasteiger charge is 2.27. The van der Waals surface area contributed by atoms with Gasteiger partial charge in [-0.25, -0.2) is 13.1 Å². The molecule has 1 amide bonds. The first-order valence-corrected chi connectivity index (χ1v) is 10.2. The van der Waals surface area contributed by atoms with Crippen molar-refractivity contribution in [1.82, 2.24) is 15.0 Å². The van der Waals surface area contributed by atoms with E-state index in [0.29, 0.717) is 12.1 Å². The average molecular weight is 386 g/mol. The van der Waals surface area contributed by atoms with Gasteiger partial charge in [-0.05, 0) is 47.4 Å². The third-order valence-corrected chi connectivity index (χ3v) is 5.46. The molecule has 0 spiro atoms. The number of sulfonamides is 1. The number of rotatable bonds is 8. The highest BCUT2D eigenvalue weighted by atomic mass is 32.2. The molecular weight excluding hydrogens is 361 g/mol. The Kier molecular flexibility index (Phi) is 6.78. The molecule has 2 rings (SSSR count). The van der Waals surface area contributed by atoms with Gasteiger partial charge >= 0.3 is 0 Å². The number of hydrogen-bond acceptors (Lipinski definition) is 4. The lowest BCUT2D eigenvalue weighted by molar-refractivity contribution is 0.0951. The Morgan fingerprint density at radius 1 is 1.11 bits per heavy atom. The van der Waals surface area contributed by atoms with Crippen LogP contribution in [-0.4, -0.2) is 32.0 Å². The summed E-state index contributed by atoms with van der Waals surface area (Å²) in [6, 6.07) is 9.53. The van der Waals surface area contributed by atoms with Crippen molar-refractivity contribution in [3.63, 3.8) is 0 Å². The second-order valence-electron chi connectivity index (χ2n) is 7.30. The molecule has 0 aliphatic heterocycles. The van der Waals surface area contributed by atoms with E-state index in [1.165, 1.54) is 24.3 Å². The Morgan fingerprint density at radius 3 is 2.26 bits per heavy atom. The minimum absolute atomic E-state index is 0.124. The fourth-order valence-corrected chi connectivity index (χ4v) is 4.22. The molecule has 143 valence electrons. The number of nitrogens with one attached hydrogen (secondary N) is 2. The maximum absolute atomic E-state index is 12.6. The van der Waals surface area contributed by atoms with Crippen LogP contribution in [0, 0.1) is 0 Å². The summed E-state index contributed by atoms with van der Waals surface area (Å²) >= 11 is 0. The highest BCUT2D eigenvalue weighted by Crippen LogP contribution is 2.16. The minimum atomic E-state index is -3.68. The van der Waals surface area contributed by atoms with E-state index in [4.69, 9.17) is 0 Å². The monoisotopic (exact) mass is 386 g/mol. The maximum Gasteiger partial charge on any atom is 0.251 e. The van der Waals surface area contributed by atoms with E-state index in [9.17, 15) is 13.2 Å². The van der Waals surface area contributed by atoms with Crippen LogP contribution in [0.15, 0.2) is 53.7 Å². The third kappa shape index (κ3) is 6.48. The number of amides is 1. The van der Waals surface area contributed by atoms with Gasteiger partial charge in [0.1, 0.15) is 7.28 Å². The lowest BCUT2D eigenvalue weighted by Gasteiger charge is -2.27. The zero-order valence-electron chi connectivity index (χ0n) is 16.1. The van der Waals surface area contributed by atoms with Gasteiger partial charge in [-0.15, -0.1) is 0 Å². The third-order valence-electron chi connectivity index (χ3n) is 3.78. The molecule has 1 aromatic heterocycles. The van der Waals surface area contributed by atoms with Crippen molar-refractivity contribution in [2.75, 3.05) is 0 Å². The Balaban J connectivity index is 2.04. The van der Waals surface area contributed by atoms with Crippen molar-refractivity contribution < 1.29 is 13.2 Å². The number of carbonyl (C=O) groups is 1. The summed E-state index contributed by atoms with van der Waals surface area (Å²) in [7, 11) is -1.75. The molecule has 0 aliphatic carbocycles. The van der Waals surface area contributed by atoms with Crippen molar-refractivity contribution in [3.05, 3.63) is 59.9 Å². The van der Waals surface area contributed by atoms with Crippen molar-refractivity contribution in [2.24, 2.45) is 0 Å². The van der Waals surface area contributed by atoms with Crippen LogP contribution in [0.2, 0.25) is 5.82 Å². The summed E-state index contributed by atoms with van der Waals surface area (Å²) in [6.45, 7) is 7.99. The summed E-state index contributed by atoms with van der Waals surface area (Å²) in [5.74, 6) is -0.0219. The van der Waals surface area contributed by atoms with E-state index < -0.39 is 15.5 Å². The highest BCUT2D eigenvalue weighted by molar-refractivity contribution is 7.89. The van der Waals surface area contributed by atoms with Crippen molar-refractivity contribution in [1.29, 1.82) is 0 Å². The number of pyridine rings is 1. The fourth-order valence-electron chi connectivity index (χ4n) is 2.84. The molecule has 1 heterocycles. The first-order chi connectivity index (χ1) is 12.6. The van der Waals surface area contributed by atoms with Crippen molar-refractivity contribution >= 4 is 23.2 Å². The maximum atomic E-state index is 12.6. The number of nitrogens with zero attached hydrogens (tertiary/aromatic N) is 1. The van der Waals surface area contributed by atoms with Gasteiger partial charge in [0.05, 0.1) is 4.90 Å². The van der Waals surface area contributed by atoms with Gasteiger partial charge in [-0.2, -0.15) is 0 Å². The zero-order valence-corrected chi connectivity index (χ0v) is 16.9. The summed E-state index contributed by atoms with van der Waals surface area (Å²) in [5, 5.41) is 2.80. The topological polar surface area (TPSA) is 88.2 Å². The average Bonchev–Trinajstić information content (AvgIpc) is 2.58. The lowest BCUT2D eigenvalue weighted by Crippen LogP contribution is -2.48. The Labute approximate surface area is 162 Å². The summed E-state index contributed by atoms with van der Waals surface area (Å²) < 4.78 is 27.9. The summed E-state index contributed by atoms with van der Waals surface area (Å²) in [6.07, 6.45) is 3.32. The normalized spacial score (nSPS) is 12.0. The van der Waals surface area contributed by atoms with Crippen molar-refractivity contribution in [2.45, 2.75) is 50.4 Å². The molecule has 6 nitrogen and oxygen atoms in total. The molecule has 1 radical (unpaired) electrons. The van der Waals surface area contributed by atoms with Gasteiger partial charge < -0.3 is 5.32 Å². The summed E-state index contributed by atoms with van der Waals surface area (Å²) in [5.41, 5.74) is 0.662. The van der Waals surface area contributed by atoms with E-state index in [1.54, 1.807) is 12.4 Å². The standard InChI is InChI=1S/C19H25BN3O3S/c1-14(2)20-19(3,4)23-27(25,26)17-7-5-16(6-8-17)18(24)22-13-15-9-11-21-12-10-15/h5-12,14,23H,13H2,1-4H3,(H,22,24). The van der Waals surface area contributed by atoms with Crippen LogP contribution in [0.1, 0.15) is 43.6 Å². The summed E-state index contributed by atoms with van der Waals surface area (Å²) in [4.78, 5) is 16.3. The Hall–Kier alpha value is -2.19. The van der Waals surface area contributed by atoms with Gasteiger partial charge in [-0.1, -0.05) is 33.5 Å². The second kappa shape index (κ2) is 8.67. The van der Waals surface area contributed by atoms with E-state index in [1.807, 2.05) is 47.1 Å². The number of aromatic nitrogens is 1. The minimum Gasteiger partial charge on any atom is -0.348 e. The molecule has 2 N–H and O–H groups in total. The molecule has 0 unspecified atom stereocenters. The fraction of sp³-hybridized carbons (Fsp3) is 0.368. The smallest absolute Gasteiger partial charge is 0.251 e. The van der Waals surface area contributed by atoms with Crippen LogP contribution in [0.5, 0.6) is 0 Å². The lowest BCUT2D eigenvalue weighted by atomic mass is 9.53. The number of carbonyl (C=O) groups excluding carboxylic acids is 1. The molecule has 0 fully saturated rings. The van der Waals surface area contributed by atoms with Crippen LogP contribution in [-0.2, 0) is 16.6 Å². The van der Waals surface area contributed by atoms with Crippen LogP contribution >= 0.6 is 0 Å². The first kappa shape index (κ1) is 21.1. The van der Waals surface area contributed by atoms with Crippen LogP contribution in [0.4, 0.5) is 0 Å². The van der Waals surface area contributed by atoms with Gasteiger partial charge in [0.15, 0.2) is 0 Å².